The number of benzene rings is 2. The number of halogens is 1. The topological polar surface area (TPSA) is 49.4 Å². The number of para-hydroxylation sites is 1. The van der Waals surface area contributed by atoms with Gasteiger partial charge in [0.2, 0.25) is 5.91 Å². The number of nitrogens with one attached hydrogen (secondary N) is 1. The third-order valence-electron chi connectivity index (χ3n) is 6.08. The van der Waals surface area contributed by atoms with Gasteiger partial charge in [0, 0.05) is 21.4 Å². The van der Waals surface area contributed by atoms with Crippen molar-refractivity contribution in [3.63, 3.8) is 0 Å². The highest BCUT2D eigenvalue weighted by molar-refractivity contribution is 9.10. The zero-order valence-electron chi connectivity index (χ0n) is 13.6. The lowest BCUT2D eigenvalue weighted by Gasteiger charge is -2.61. The highest BCUT2D eigenvalue weighted by atomic mass is 79.9. The molecule has 1 saturated carbocycles. The van der Waals surface area contributed by atoms with Gasteiger partial charge in [0.1, 0.15) is 0 Å². The summed E-state index contributed by atoms with van der Waals surface area (Å²) in [5.74, 6) is 0.0114. The van der Waals surface area contributed by atoms with Gasteiger partial charge in [-0.25, -0.2) is 0 Å². The maximum atomic E-state index is 13.3. The molecule has 2 fully saturated rings. The second-order valence-electron chi connectivity index (χ2n) is 7.12. The molecular weight excluding hydrogens is 380 g/mol. The lowest BCUT2D eigenvalue weighted by molar-refractivity contribution is -0.155. The fourth-order valence-corrected chi connectivity index (χ4v) is 5.34. The molecule has 2 amide bonds. The summed E-state index contributed by atoms with van der Waals surface area (Å²) in [5, 5.41) is 3.03. The normalized spacial score (nSPS) is 26.0. The van der Waals surface area contributed by atoms with Crippen LogP contribution in [0.4, 0.5) is 11.4 Å². The number of β-lactam (4-membered cyclic amide) rings is 1. The molecule has 3 aliphatic rings. The van der Waals surface area contributed by atoms with E-state index in [1.807, 2.05) is 48.5 Å². The summed E-state index contributed by atoms with van der Waals surface area (Å²) in [6.07, 6.45) is 3.55. The highest BCUT2D eigenvalue weighted by Crippen LogP contribution is 2.67. The van der Waals surface area contributed by atoms with Crippen LogP contribution in [-0.2, 0) is 15.1 Å². The van der Waals surface area contributed by atoms with Crippen LogP contribution in [0.2, 0.25) is 0 Å². The smallest absolute Gasteiger partial charge is 0.256 e. The molecule has 5 rings (SSSR count). The number of carbonyl (C=O) groups excluding carboxylic acids is 2. The lowest BCUT2D eigenvalue weighted by Crippen LogP contribution is -2.78. The van der Waals surface area contributed by atoms with Crippen molar-refractivity contribution < 1.29 is 9.59 Å². The first-order valence-corrected chi connectivity index (χ1v) is 9.42. The molecule has 126 valence electrons. The SMILES string of the molecule is O=C1N(c2ccc(Br)cc2)C2(C(=O)Nc3ccccc32)C12CCCC2. The number of hydrogen-bond acceptors (Lipinski definition) is 2. The van der Waals surface area contributed by atoms with Crippen LogP contribution in [0.5, 0.6) is 0 Å². The molecule has 2 heterocycles. The molecular formula is C20H17BrN2O2. The first-order chi connectivity index (χ1) is 12.1. The summed E-state index contributed by atoms with van der Waals surface area (Å²) in [5.41, 5.74) is 1.03. The van der Waals surface area contributed by atoms with Gasteiger partial charge in [-0.2, -0.15) is 0 Å². The monoisotopic (exact) mass is 396 g/mol. The molecule has 2 aromatic rings. The Labute approximate surface area is 154 Å². The van der Waals surface area contributed by atoms with Crippen molar-refractivity contribution in [2.75, 3.05) is 10.2 Å². The summed E-state index contributed by atoms with van der Waals surface area (Å²) in [6, 6.07) is 15.4. The number of nitrogens with zero attached hydrogens (tertiary/aromatic N) is 1. The summed E-state index contributed by atoms with van der Waals surface area (Å²) < 4.78 is 0.949. The Hall–Kier alpha value is -2.14. The van der Waals surface area contributed by atoms with E-state index in [0.717, 1.165) is 47.1 Å². The van der Waals surface area contributed by atoms with E-state index in [0.29, 0.717) is 0 Å². The summed E-state index contributed by atoms with van der Waals surface area (Å²) in [6.45, 7) is 0. The Morgan fingerprint density at radius 3 is 2.36 bits per heavy atom. The van der Waals surface area contributed by atoms with Gasteiger partial charge in [-0.15, -0.1) is 0 Å². The number of fused-ring (bicyclic) bond motifs is 3. The van der Waals surface area contributed by atoms with Gasteiger partial charge in [0.25, 0.3) is 5.91 Å². The molecule has 4 nitrogen and oxygen atoms in total. The van der Waals surface area contributed by atoms with E-state index >= 15 is 0 Å². The average Bonchev–Trinajstić information content (AvgIpc) is 3.23. The van der Waals surface area contributed by atoms with Crippen LogP contribution < -0.4 is 10.2 Å². The molecule has 1 aliphatic carbocycles. The minimum Gasteiger partial charge on any atom is -0.323 e. The second kappa shape index (κ2) is 4.94. The van der Waals surface area contributed by atoms with Crippen LogP contribution in [0.25, 0.3) is 0 Å². The molecule has 5 heteroatoms. The lowest BCUT2D eigenvalue weighted by atomic mass is 9.56. The van der Waals surface area contributed by atoms with Crippen molar-refractivity contribution in [2.24, 2.45) is 5.41 Å². The number of amides is 2. The van der Waals surface area contributed by atoms with Gasteiger partial charge >= 0.3 is 0 Å². The van der Waals surface area contributed by atoms with Crippen LogP contribution in [-0.4, -0.2) is 11.8 Å². The first-order valence-electron chi connectivity index (χ1n) is 8.62. The molecule has 0 bridgehead atoms. The Balaban J connectivity index is 1.76. The predicted octanol–water partition coefficient (Wildman–Crippen LogP) is 4.20. The summed E-state index contributed by atoms with van der Waals surface area (Å²) >= 11 is 3.44. The predicted molar refractivity (Wildman–Crippen MR) is 99.3 cm³/mol. The van der Waals surface area contributed by atoms with Crippen molar-refractivity contribution in [2.45, 2.75) is 31.2 Å². The van der Waals surface area contributed by atoms with E-state index in [-0.39, 0.29) is 11.8 Å². The van der Waals surface area contributed by atoms with E-state index in [9.17, 15) is 9.59 Å². The van der Waals surface area contributed by atoms with Gasteiger partial charge in [-0.3, -0.25) is 14.5 Å². The van der Waals surface area contributed by atoms with Crippen LogP contribution in [0.15, 0.2) is 53.0 Å². The summed E-state index contributed by atoms with van der Waals surface area (Å²) in [4.78, 5) is 28.3. The van der Waals surface area contributed by atoms with Crippen LogP contribution in [0.3, 0.4) is 0 Å². The molecule has 1 unspecified atom stereocenters. The van der Waals surface area contributed by atoms with Crippen molar-refractivity contribution in [3.05, 3.63) is 58.6 Å². The Morgan fingerprint density at radius 1 is 0.960 bits per heavy atom. The Morgan fingerprint density at radius 2 is 1.64 bits per heavy atom. The van der Waals surface area contributed by atoms with Crippen LogP contribution in [0, 0.1) is 5.41 Å². The Bertz CT molecular complexity index is 902. The molecule has 2 aromatic carbocycles. The molecule has 1 N–H and O–H groups in total. The van der Waals surface area contributed by atoms with Gasteiger partial charge < -0.3 is 5.32 Å². The average molecular weight is 397 g/mol. The zero-order valence-corrected chi connectivity index (χ0v) is 15.2. The van der Waals surface area contributed by atoms with E-state index in [4.69, 9.17) is 0 Å². The largest absolute Gasteiger partial charge is 0.323 e. The third-order valence-corrected chi connectivity index (χ3v) is 6.60. The maximum absolute atomic E-state index is 13.3. The highest BCUT2D eigenvalue weighted by Gasteiger charge is 2.78. The zero-order chi connectivity index (χ0) is 17.2. The van der Waals surface area contributed by atoms with Gasteiger partial charge in [-0.1, -0.05) is 47.0 Å². The molecule has 0 radical (unpaired) electrons. The molecule has 1 saturated heterocycles. The van der Waals surface area contributed by atoms with E-state index in [2.05, 4.69) is 21.2 Å². The van der Waals surface area contributed by atoms with Crippen molar-refractivity contribution in [1.29, 1.82) is 0 Å². The van der Waals surface area contributed by atoms with Gasteiger partial charge in [-0.05, 0) is 43.2 Å². The standard InChI is InChI=1S/C20H17BrN2O2/c21-13-7-9-14(10-8-13)23-18(25)19(11-3-4-12-19)20(23)15-5-1-2-6-16(15)22-17(20)24/h1-2,5-10H,3-4,11-12H2,(H,22,24). The fourth-order valence-electron chi connectivity index (χ4n) is 5.08. The van der Waals surface area contributed by atoms with Crippen molar-refractivity contribution in [1.82, 2.24) is 0 Å². The molecule has 2 spiro atoms. The third kappa shape index (κ3) is 1.62. The van der Waals surface area contributed by atoms with Crippen molar-refractivity contribution in [3.8, 4) is 0 Å². The summed E-state index contributed by atoms with van der Waals surface area (Å²) in [7, 11) is 0. The van der Waals surface area contributed by atoms with E-state index in [1.165, 1.54) is 0 Å². The van der Waals surface area contributed by atoms with E-state index < -0.39 is 11.0 Å². The van der Waals surface area contributed by atoms with Crippen molar-refractivity contribution >= 4 is 39.1 Å². The minimum atomic E-state index is -0.912. The second-order valence-corrected chi connectivity index (χ2v) is 8.03. The molecule has 25 heavy (non-hydrogen) atoms. The first kappa shape index (κ1) is 15.1. The number of hydrogen-bond donors (Lipinski definition) is 1. The van der Waals surface area contributed by atoms with Crippen LogP contribution in [0.1, 0.15) is 31.2 Å². The fraction of sp³-hybridized carbons (Fsp3) is 0.300. The molecule has 1 atom stereocenters. The number of anilines is 2. The molecule has 0 aromatic heterocycles. The van der Waals surface area contributed by atoms with Crippen LogP contribution >= 0.6 is 15.9 Å². The Kier molecular flexibility index (Phi) is 2.99. The van der Waals surface area contributed by atoms with Gasteiger partial charge in [0.05, 0.1) is 5.41 Å². The quantitative estimate of drug-likeness (QED) is 0.734. The van der Waals surface area contributed by atoms with E-state index in [1.54, 1.807) is 4.90 Å². The number of carbonyl (C=O) groups is 2. The number of rotatable bonds is 1. The van der Waals surface area contributed by atoms with Gasteiger partial charge in [0.15, 0.2) is 5.54 Å². The minimum absolute atomic E-state index is 0.0712. The maximum Gasteiger partial charge on any atom is 0.256 e. The molecule has 2 aliphatic heterocycles.